The van der Waals surface area contributed by atoms with Crippen molar-refractivity contribution in [1.82, 2.24) is 19.9 Å². The van der Waals surface area contributed by atoms with E-state index in [0.717, 1.165) is 11.3 Å². The number of halogens is 1. The number of fused-ring (bicyclic) bond motifs is 1. The molecule has 0 atom stereocenters. The van der Waals surface area contributed by atoms with Crippen LogP contribution in [0.5, 0.6) is 11.5 Å². The number of anilines is 5. The molecular formula is C36H34ClN7O4. The first-order valence-electron chi connectivity index (χ1n) is 15.4. The van der Waals surface area contributed by atoms with Gasteiger partial charge >= 0.3 is 6.09 Å². The fraction of sp³-hybridized carbons (Fsp3) is 0.194. The number of para-hydroxylation sites is 1. The van der Waals surface area contributed by atoms with E-state index in [4.69, 9.17) is 26.1 Å². The van der Waals surface area contributed by atoms with Crippen molar-refractivity contribution in [2.45, 2.75) is 39.3 Å². The molecule has 1 aliphatic heterocycles. The Morgan fingerprint density at radius 2 is 1.69 bits per heavy atom. The zero-order chi connectivity index (χ0) is 33.7. The van der Waals surface area contributed by atoms with Crippen molar-refractivity contribution >= 4 is 52.4 Å². The van der Waals surface area contributed by atoms with E-state index in [1.807, 2.05) is 63.2 Å². The molecule has 2 amide bonds. The normalized spacial score (nSPS) is 12.5. The molecule has 1 aliphatic rings. The third kappa shape index (κ3) is 8.18. The van der Waals surface area contributed by atoms with E-state index in [2.05, 4.69) is 25.9 Å². The maximum atomic E-state index is 13.0. The minimum Gasteiger partial charge on any atom is -0.456 e. The molecule has 4 heterocycles. The van der Waals surface area contributed by atoms with E-state index in [0.29, 0.717) is 70.4 Å². The number of benzene rings is 2. The van der Waals surface area contributed by atoms with E-state index < -0.39 is 5.60 Å². The quantitative estimate of drug-likeness (QED) is 0.150. The molecule has 0 saturated heterocycles. The van der Waals surface area contributed by atoms with Gasteiger partial charge in [-0.2, -0.15) is 0 Å². The molecule has 0 bridgehead atoms. The minimum absolute atomic E-state index is 0.291. The first-order valence-corrected chi connectivity index (χ1v) is 15.7. The number of carbonyl (C=O) groups is 2. The number of hydrogen-bond donors (Lipinski definition) is 3. The highest BCUT2D eigenvalue weighted by Crippen LogP contribution is 2.34. The summed E-state index contributed by atoms with van der Waals surface area (Å²) in [5.41, 5.74) is 3.04. The van der Waals surface area contributed by atoms with Crippen molar-refractivity contribution in [2.75, 3.05) is 22.5 Å². The Labute approximate surface area is 283 Å². The number of amides is 2. The van der Waals surface area contributed by atoms with Crippen LogP contribution in [0.4, 0.5) is 33.6 Å². The summed E-state index contributed by atoms with van der Waals surface area (Å²) in [6.07, 6.45) is 3.53. The third-order valence-electron chi connectivity index (χ3n) is 7.19. The van der Waals surface area contributed by atoms with Crippen LogP contribution in [0.3, 0.4) is 0 Å². The Morgan fingerprint density at radius 3 is 2.48 bits per heavy atom. The van der Waals surface area contributed by atoms with Gasteiger partial charge in [0.25, 0.3) is 5.91 Å². The van der Waals surface area contributed by atoms with E-state index in [1.54, 1.807) is 59.8 Å². The minimum atomic E-state index is -0.547. The first-order chi connectivity index (χ1) is 23.1. The van der Waals surface area contributed by atoms with Crippen molar-refractivity contribution in [2.24, 2.45) is 0 Å². The number of rotatable bonds is 8. The van der Waals surface area contributed by atoms with Crippen LogP contribution < -0.4 is 20.7 Å². The summed E-state index contributed by atoms with van der Waals surface area (Å²) in [5.74, 6) is 2.22. The molecule has 0 aliphatic carbocycles. The number of carbonyl (C=O) groups excluding carboxylic acids is 2. The zero-order valence-corrected chi connectivity index (χ0v) is 27.4. The molecule has 0 unspecified atom stereocenters. The largest absolute Gasteiger partial charge is 0.456 e. The second-order valence-electron chi connectivity index (χ2n) is 12.0. The van der Waals surface area contributed by atoms with Gasteiger partial charge in [0.05, 0.1) is 17.1 Å². The van der Waals surface area contributed by atoms with Crippen LogP contribution in [0.1, 0.15) is 42.4 Å². The average molecular weight is 664 g/mol. The summed E-state index contributed by atoms with van der Waals surface area (Å²) in [5, 5.41) is 9.65. The van der Waals surface area contributed by atoms with Gasteiger partial charge in [-0.1, -0.05) is 35.9 Å². The van der Waals surface area contributed by atoms with Crippen molar-refractivity contribution < 1.29 is 19.1 Å². The van der Waals surface area contributed by atoms with Gasteiger partial charge < -0.3 is 30.3 Å². The van der Waals surface area contributed by atoms with Crippen LogP contribution in [0.25, 0.3) is 0 Å². The Balaban J connectivity index is 1.09. The van der Waals surface area contributed by atoms with E-state index >= 15 is 0 Å². The molecule has 244 valence electrons. The van der Waals surface area contributed by atoms with Gasteiger partial charge in [-0.3, -0.25) is 4.79 Å². The van der Waals surface area contributed by atoms with Gasteiger partial charge in [0, 0.05) is 48.5 Å². The molecule has 2 aromatic carbocycles. The molecule has 0 spiro atoms. The van der Waals surface area contributed by atoms with Crippen LogP contribution in [0, 0.1) is 0 Å². The molecule has 0 fully saturated rings. The van der Waals surface area contributed by atoms with Crippen LogP contribution in [-0.4, -0.2) is 44.0 Å². The SMILES string of the molecule is CC(C)(C)OC(=O)N1CCc2nc(Nc3cc(Oc4ccc(Nc5ncccc5C(=O)Nc5ccccc5)cc4Cl)ccn3)ccc2C1. The second kappa shape index (κ2) is 14.0. The lowest BCUT2D eigenvalue weighted by Gasteiger charge is -2.30. The Bertz CT molecular complexity index is 1950. The van der Waals surface area contributed by atoms with Gasteiger partial charge in [-0.15, -0.1) is 0 Å². The maximum absolute atomic E-state index is 13.0. The summed E-state index contributed by atoms with van der Waals surface area (Å²) >= 11 is 6.62. The fourth-order valence-corrected chi connectivity index (χ4v) is 5.19. The molecule has 0 saturated carbocycles. The summed E-state index contributed by atoms with van der Waals surface area (Å²) in [6, 6.07) is 25.1. The Morgan fingerprint density at radius 1 is 0.854 bits per heavy atom. The van der Waals surface area contributed by atoms with E-state index in [-0.39, 0.29) is 12.0 Å². The maximum Gasteiger partial charge on any atom is 0.410 e. The van der Waals surface area contributed by atoms with Crippen LogP contribution in [-0.2, 0) is 17.7 Å². The smallest absolute Gasteiger partial charge is 0.410 e. The topological polar surface area (TPSA) is 131 Å². The molecule has 6 rings (SSSR count). The van der Waals surface area contributed by atoms with Gasteiger partial charge in [-0.25, -0.2) is 19.7 Å². The Hall–Kier alpha value is -5.68. The molecule has 3 N–H and O–H groups in total. The lowest BCUT2D eigenvalue weighted by atomic mass is 10.1. The highest BCUT2D eigenvalue weighted by Gasteiger charge is 2.26. The highest BCUT2D eigenvalue weighted by atomic mass is 35.5. The number of nitrogens with zero attached hydrogens (tertiary/aromatic N) is 4. The van der Waals surface area contributed by atoms with E-state index in [9.17, 15) is 9.59 Å². The van der Waals surface area contributed by atoms with E-state index in [1.165, 1.54) is 0 Å². The molecule has 3 aromatic heterocycles. The second-order valence-corrected chi connectivity index (χ2v) is 12.5. The van der Waals surface area contributed by atoms with Crippen molar-refractivity contribution in [3.05, 3.63) is 119 Å². The Kier molecular flexibility index (Phi) is 9.40. The predicted molar refractivity (Wildman–Crippen MR) is 186 cm³/mol. The fourth-order valence-electron chi connectivity index (χ4n) is 4.98. The van der Waals surface area contributed by atoms with Crippen molar-refractivity contribution in [3.8, 4) is 11.5 Å². The van der Waals surface area contributed by atoms with Gasteiger partial charge in [-0.05, 0) is 80.9 Å². The van der Waals surface area contributed by atoms with Crippen molar-refractivity contribution in [1.29, 1.82) is 0 Å². The van der Waals surface area contributed by atoms with Crippen LogP contribution in [0.2, 0.25) is 5.02 Å². The monoisotopic (exact) mass is 663 g/mol. The molecule has 11 nitrogen and oxygen atoms in total. The van der Waals surface area contributed by atoms with Gasteiger partial charge in [0.1, 0.15) is 34.6 Å². The van der Waals surface area contributed by atoms with Gasteiger partial charge in [0.2, 0.25) is 0 Å². The van der Waals surface area contributed by atoms with Crippen LogP contribution in [0.15, 0.2) is 97.3 Å². The zero-order valence-electron chi connectivity index (χ0n) is 26.7. The average Bonchev–Trinajstić information content (AvgIpc) is 3.06. The summed E-state index contributed by atoms with van der Waals surface area (Å²) in [6.45, 7) is 6.54. The molecular weight excluding hydrogens is 630 g/mol. The molecule has 12 heteroatoms. The first kappa shape index (κ1) is 32.3. The predicted octanol–water partition coefficient (Wildman–Crippen LogP) is 8.35. The number of ether oxygens (including phenoxy) is 2. The lowest BCUT2D eigenvalue weighted by molar-refractivity contribution is 0.0222. The van der Waals surface area contributed by atoms with Gasteiger partial charge in [0.15, 0.2) is 0 Å². The van der Waals surface area contributed by atoms with Crippen LogP contribution >= 0.6 is 11.6 Å². The number of nitrogens with one attached hydrogen (secondary N) is 3. The number of hydrogen-bond acceptors (Lipinski definition) is 9. The number of pyridine rings is 3. The molecule has 0 radical (unpaired) electrons. The molecule has 5 aromatic rings. The summed E-state index contributed by atoms with van der Waals surface area (Å²) in [4.78, 5) is 40.7. The highest BCUT2D eigenvalue weighted by molar-refractivity contribution is 6.32. The van der Waals surface area contributed by atoms with Crippen molar-refractivity contribution in [3.63, 3.8) is 0 Å². The summed E-state index contributed by atoms with van der Waals surface area (Å²) < 4.78 is 11.6. The lowest BCUT2D eigenvalue weighted by Crippen LogP contribution is -2.40. The standard InChI is InChI=1S/C36H34ClN7O4/c1-36(2,3)48-35(46)44-19-16-29-23(22-44)11-14-31(42-29)43-32-21-26(15-18-38-32)47-30-13-12-25(20-28(30)37)40-33-27(10-7-17-39-33)34(45)41-24-8-5-4-6-9-24/h4-15,17-18,20-21H,16,19,22H2,1-3H3,(H,39,40)(H,41,45)(H,38,42,43). The third-order valence-corrected chi connectivity index (χ3v) is 7.49. The number of aromatic nitrogens is 3. The summed E-state index contributed by atoms with van der Waals surface area (Å²) in [7, 11) is 0. The molecule has 48 heavy (non-hydrogen) atoms.